The van der Waals surface area contributed by atoms with Gasteiger partial charge in [-0.15, -0.1) is 0 Å². The van der Waals surface area contributed by atoms with Crippen molar-refractivity contribution in [3.8, 4) is 0 Å². The molecule has 1 N–H and O–H groups in total. The SMILES string of the molecule is CC(CNC(=O)CCc1ccco1)N(C)c1ccccc1. The van der Waals surface area contributed by atoms with Crippen LogP contribution >= 0.6 is 0 Å². The number of carbonyl (C=O) groups is 1. The smallest absolute Gasteiger partial charge is 0.220 e. The number of furan rings is 1. The lowest BCUT2D eigenvalue weighted by molar-refractivity contribution is -0.121. The Morgan fingerprint density at radius 3 is 2.67 bits per heavy atom. The Labute approximate surface area is 125 Å². The predicted octanol–water partition coefficient (Wildman–Crippen LogP) is 2.85. The van der Waals surface area contributed by atoms with Crippen molar-refractivity contribution in [3.05, 3.63) is 54.5 Å². The molecule has 1 atom stereocenters. The molecule has 1 amide bonds. The second-order valence-electron chi connectivity index (χ2n) is 5.18. The number of amides is 1. The second kappa shape index (κ2) is 7.53. The topological polar surface area (TPSA) is 45.5 Å². The lowest BCUT2D eigenvalue weighted by Gasteiger charge is -2.27. The minimum absolute atomic E-state index is 0.0553. The number of hydrogen-bond acceptors (Lipinski definition) is 3. The molecule has 0 aliphatic heterocycles. The van der Waals surface area contributed by atoms with E-state index in [9.17, 15) is 4.79 Å². The normalized spacial score (nSPS) is 11.9. The number of para-hydroxylation sites is 1. The van der Waals surface area contributed by atoms with E-state index >= 15 is 0 Å². The summed E-state index contributed by atoms with van der Waals surface area (Å²) >= 11 is 0. The van der Waals surface area contributed by atoms with E-state index in [1.165, 1.54) is 0 Å². The van der Waals surface area contributed by atoms with Crippen LogP contribution in [0.25, 0.3) is 0 Å². The summed E-state index contributed by atoms with van der Waals surface area (Å²) in [6.45, 7) is 2.72. The molecule has 2 rings (SSSR count). The Kier molecular flexibility index (Phi) is 5.43. The molecule has 0 saturated carbocycles. The molecule has 2 aromatic rings. The van der Waals surface area contributed by atoms with Crippen LogP contribution in [-0.2, 0) is 11.2 Å². The molecule has 1 aromatic heterocycles. The Bertz CT molecular complexity index is 537. The minimum atomic E-state index is 0.0553. The highest BCUT2D eigenvalue weighted by atomic mass is 16.3. The van der Waals surface area contributed by atoms with Crippen LogP contribution in [0, 0.1) is 0 Å². The van der Waals surface area contributed by atoms with Gasteiger partial charge in [-0.3, -0.25) is 4.79 Å². The Morgan fingerprint density at radius 1 is 1.24 bits per heavy atom. The third-order valence-corrected chi connectivity index (χ3v) is 3.60. The third-order valence-electron chi connectivity index (χ3n) is 3.60. The van der Waals surface area contributed by atoms with Gasteiger partial charge in [-0.1, -0.05) is 18.2 Å². The molecule has 0 aliphatic carbocycles. The highest BCUT2D eigenvalue weighted by Gasteiger charge is 2.11. The summed E-state index contributed by atoms with van der Waals surface area (Å²) in [5, 5.41) is 2.97. The number of anilines is 1. The Balaban J connectivity index is 1.73. The van der Waals surface area contributed by atoms with E-state index in [2.05, 4.69) is 29.3 Å². The molecule has 0 saturated heterocycles. The highest BCUT2D eigenvalue weighted by Crippen LogP contribution is 2.13. The molecule has 1 aromatic carbocycles. The number of rotatable bonds is 7. The van der Waals surface area contributed by atoms with E-state index in [0.717, 1.165) is 11.4 Å². The lowest BCUT2D eigenvalue weighted by Crippen LogP contribution is -2.40. The molecule has 0 aliphatic rings. The largest absolute Gasteiger partial charge is 0.469 e. The highest BCUT2D eigenvalue weighted by molar-refractivity contribution is 5.76. The van der Waals surface area contributed by atoms with Crippen molar-refractivity contribution in [2.24, 2.45) is 0 Å². The van der Waals surface area contributed by atoms with Crippen LogP contribution in [0.2, 0.25) is 0 Å². The van der Waals surface area contributed by atoms with Crippen LogP contribution in [0.4, 0.5) is 5.69 Å². The summed E-state index contributed by atoms with van der Waals surface area (Å²) in [5.41, 5.74) is 1.15. The first kappa shape index (κ1) is 15.2. The average Bonchev–Trinajstić information content (AvgIpc) is 3.04. The summed E-state index contributed by atoms with van der Waals surface area (Å²) in [6.07, 6.45) is 2.72. The molecule has 112 valence electrons. The summed E-state index contributed by atoms with van der Waals surface area (Å²) in [5.74, 6) is 0.902. The van der Waals surface area contributed by atoms with Crippen LogP contribution in [-0.4, -0.2) is 25.5 Å². The monoisotopic (exact) mass is 286 g/mol. The zero-order chi connectivity index (χ0) is 15.1. The van der Waals surface area contributed by atoms with Crippen molar-refractivity contribution in [1.82, 2.24) is 5.32 Å². The number of nitrogens with zero attached hydrogens (tertiary/aromatic N) is 1. The van der Waals surface area contributed by atoms with E-state index in [0.29, 0.717) is 19.4 Å². The molecule has 0 bridgehead atoms. The third kappa shape index (κ3) is 4.67. The number of likely N-dealkylation sites (N-methyl/N-ethyl adjacent to an activating group) is 1. The van der Waals surface area contributed by atoms with Crippen molar-refractivity contribution < 1.29 is 9.21 Å². The van der Waals surface area contributed by atoms with Gasteiger partial charge in [0, 0.05) is 38.2 Å². The second-order valence-corrected chi connectivity index (χ2v) is 5.18. The summed E-state index contributed by atoms with van der Waals surface area (Å²) in [4.78, 5) is 14.0. The van der Waals surface area contributed by atoms with Crippen LogP contribution in [0.5, 0.6) is 0 Å². The van der Waals surface area contributed by atoms with E-state index in [4.69, 9.17) is 4.42 Å². The molecule has 21 heavy (non-hydrogen) atoms. The van der Waals surface area contributed by atoms with Crippen LogP contribution in [0.15, 0.2) is 53.1 Å². The minimum Gasteiger partial charge on any atom is -0.469 e. The fourth-order valence-corrected chi connectivity index (χ4v) is 2.10. The van der Waals surface area contributed by atoms with Gasteiger partial charge >= 0.3 is 0 Å². The van der Waals surface area contributed by atoms with Gasteiger partial charge in [0.15, 0.2) is 0 Å². The van der Waals surface area contributed by atoms with Gasteiger partial charge in [-0.05, 0) is 31.2 Å². The maximum Gasteiger partial charge on any atom is 0.220 e. The van der Waals surface area contributed by atoms with E-state index < -0.39 is 0 Å². The lowest BCUT2D eigenvalue weighted by atomic mass is 10.2. The fourth-order valence-electron chi connectivity index (χ4n) is 2.10. The maximum atomic E-state index is 11.8. The summed E-state index contributed by atoms with van der Waals surface area (Å²) < 4.78 is 5.22. The van der Waals surface area contributed by atoms with Crippen molar-refractivity contribution in [3.63, 3.8) is 0 Å². The number of nitrogens with one attached hydrogen (secondary N) is 1. The molecular weight excluding hydrogens is 264 g/mol. The summed E-state index contributed by atoms with van der Waals surface area (Å²) in [6, 6.07) is 14.1. The molecule has 1 unspecified atom stereocenters. The summed E-state index contributed by atoms with van der Waals surface area (Å²) in [7, 11) is 2.04. The van der Waals surface area contributed by atoms with E-state index in [1.54, 1.807) is 6.26 Å². The average molecular weight is 286 g/mol. The van der Waals surface area contributed by atoms with Crippen molar-refractivity contribution in [1.29, 1.82) is 0 Å². The Morgan fingerprint density at radius 2 is 2.00 bits per heavy atom. The van der Waals surface area contributed by atoms with Gasteiger partial charge < -0.3 is 14.6 Å². The fraction of sp³-hybridized carbons (Fsp3) is 0.353. The standard InChI is InChI=1S/C17H22N2O2/c1-14(19(2)15-7-4-3-5-8-15)13-18-17(20)11-10-16-9-6-12-21-16/h3-9,12,14H,10-11,13H2,1-2H3,(H,18,20). The molecule has 4 heteroatoms. The van der Waals surface area contributed by atoms with Gasteiger partial charge in [0.05, 0.1) is 6.26 Å². The maximum absolute atomic E-state index is 11.8. The number of aryl methyl sites for hydroxylation is 1. The first-order valence-corrected chi connectivity index (χ1v) is 7.24. The molecule has 0 spiro atoms. The van der Waals surface area contributed by atoms with Gasteiger partial charge in [0.25, 0.3) is 0 Å². The number of carbonyl (C=O) groups excluding carboxylic acids is 1. The van der Waals surface area contributed by atoms with Gasteiger partial charge in [0.1, 0.15) is 5.76 Å². The Hall–Kier alpha value is -2.23. The number of hydrogen-bond donors (Lipinski definition) is 1. The quantitative estimate of drug-likeness (QED) is 0.851. The van der Waals surface area contributed by atoms with Gasteiger partial charge in [-0.25, -0.2) is 0 Å². The zero-order valence-electron chi connectivity index (χ0n) is 12.6. The van der Waals surface area contributed by atoms with E-state index in [1.807, 2.05) is 37.4 Å². The molecular formula is C17H22N2O2. The molecule has 0 radical (unpaired) electrons. The van der Waals surface area contributed by atoms with Crippen LogP contribution in [0.1, 0.15) is 19.1 Å². The predicted molar refractivity (Wildman–Crippen MR) is 84.3 cm³/mol. The van der Waals surface area contributed by atoms with E-state index in [-0.39, 0.29) is 11.9 Å². The zero-order valence-corrected chi connectivity index (χ0v) is 12.6. The molecule has 4 nitrogen and oxygen atoms in total. The van der Waals surface area contributed by atoms with Crippen molar-refractivity contribution in [2.75, 3.05) is 18.5 Å². The number of benzene rings is 1. The van der Waals surface area contributed by atoms with Crippen LogP contribution in [0.3, 0.4) is 0 Å². The van der Waals surface area contributed by atoms with Crippen molar-refractivity contribution in [2.45, 2.75) is 25.8 Å². The molecule has 1 heterocycles. The first-order chi connectivity index (χ1) is 10.2. The van der Waals surface area contributed by atoms with Crippen LogP contribution < -0.4 is 10.2 Å². The van der Waals surface area contributed by atoms with Crippen molar-refractivity contribution >= 4 is 11.6 Å². The van der Waals surface area contributed by atoms with Gasteiger partial charge in [-0.2, -0.15) is 0 Å². The molecule has 0 fully saturated rings. The van der Waals surface area contributed by atoms with Gasteiger partial charge in [0.2, 0.25) is 5.91 Å². The first-order valence-electron chi connectivity index (χ1n) is 7.24.